The van der Waals surface area contributed by atoms with Crippen molar-refractivity contribution in [1.29, 1.82) is 0 Å². The first-order valence-electron chi connectivity index (χ1n) is 7.79. The van der Waals surface area contributed by atoms with Crippen LogP contribution in [0, 0.1) is 6.92 Å². The standard InChI is InChI=1S/C17H28N2O/c1-4-20-16-9-6-10-19(12-16)17(14(3)18)15-8-5-7-13(2)11-15/h5,7-8,11,14,16-17H,4,6,9-10,12,18H2,1-3H3. The van der Waals surface area contributed by atoms with Crippen LogP contribution in [0.4, 0.5) is 0 Å². The first kappa shape index (κ1) is 15.5. The molecule has 112 valence electrons. The van der Waals surface area contributed by atoms with Gasteiger partial charge in [0.15, 0.2) is 0 Å². The van der Waals surface area contributed by atoms with Gasteiger partial charge in [0.2, 0.25) is 0 Å². The maximum atomic E-state index is 6.29. The monoisotopic (exact) mass is 276 g/mol. The predicted octanol–water partition coefficient (Wildman–Crippen LogP) is 2.88. The lowest BCUT2D eigenvalue weighted by molar-refractivity contribution is -0.0106. The van der Waals surface area contributed by atoms with E-state index in [9.17, 15) is 0 Å². The van der Waals surface area contributed by atoms with Crippen molar-refractivity contribution in [3.8, 4) is 0 Å². The van der Waals surface area contributed by atoms with E-state index in [0.29, 0.717) is 6.10 Å². The van der Waals surface area contributed by atoms with E-state index in [-0.39, 0.29) is 12.1 Å². The molecular formula is C17H28N2O. The van der Waals surface area contributed by atoms with Crippen LogP contribution in [0.15, 0.2) is 24.3 Å². The van der Waals surface area contributed by atoms with E-state index in [1.54, 1.807) is 0 Å². The number of rotatable bonds is 5. The minimum Gasteiger partial charge on any atom is -0.377 e. The van der Waals surface area contributed by atoms with E-state index in [1.165, 1.54) is 24.0 Å². The van der Waals surface area contributed by atoms with Crippen LogP contribution in [-0.4, -0.2) is 36.7 Å². The summed E-state index contributed by atoms with van der Waals surface area (Å²) in [5.74, 6) is 0. The first-order valence-corrected chi connectivity index (χ1v) is 7.79. The van der Waals surface area contributed by atoms with Gasteiger partial charge in [0, 0.05) is 25.2 Å². The summed E-state index contributed by atoms with van der Waals surface area (Å²) in [6.07, 6.45) is 2.73. The molecule has 3 atom stereocenters. The summed E-state index contributed by atoms with van der Waals surface area (Å²) in [5.41, 5.74) is 8.91. The molecule has 3 unspecified atom stereocenters. The lowest BCUT2D eigenvalue weighted by Gasteiger charge is -2.40. The minimum atomic E-state index is 0.122. The Morgan fingerprint density at radius 3 is 2.90 bits per heavy atom. The smallest absolute Gasteiger partial charge is 0.0702 e. The van der Waals surface area contributed by atoms with Crippen LogP contribution in [0.2, 0.25) is 0 Å². The van der Waals surface area contributed by atoms with Crippen molar-refractivity contribution >= 4 is 0 Å². The quantitative estimate of drug-likeness (QED) is 0.898. The SMILES string of the molecule is CCOC1CCCN(C(c2cccc(C)c2)C(C)N)C1. The molecule has 0 saturated carbocycles. The van der Waals surface area contributed by atoms with E-state index < -0.39 is 0 Å². The van der Waals surface area contributed by atoms with Crippen molar-refractivity contribution in [2.24, 2.45) is 5.73 Å². The van der Waals surface area contributed by atoms with E-state index in [2.05, 4.69) is 49.9 Å². The van der Waals surface area contributed by atoms with Gasteiger partial charge in [-0.2, -0.15) is 0 Å². The molecule has 3 nitrogen and oxygen atoms in total. The fourth-order valence-electron chi connectivity index (χ4n) is 3.29. The molecule has 1 aromatic rings. The van der Waals surface area contributed by atoms with Crippen molar-refractivity contribution in [2.75, 3.05) is 19.7 Å². The molecule has 3 heteroatoms. The molecule has 0 spiro atoms. The largest absolute Gasteiger partial charge is 0.377 e. The molecule has 0 aromatic heterocycles. The van der Waals surface area contributed by atoms with Crippen molar-refractivity contribution in [3.63, 3.8) is 0 Å². The zero-order valence-corrected chi connectivity index (χ0v) is 13.0. The third-order valence-electron chi connectivity index (χ3n) is 4.09. The average molecular weight is 276 g/mol. The summed E-state index contributed by atoms with van der Waals surface area (Å²) in [6, 6.07) is 9.14. The molecule has 1 fully saturated rings. The minimum absolute atomic E-state index is 0.122. The first-order chi connectivity index (χ1) is 9.61. The highest BCUT2D eigenvalue weighted by Crippen LogP contribution is 2.28. The van der Waals surface area contributed by atoms with Crippen LogP contribution in [0.1, 0.15) is 43.9 Å². The average Bonchev–Trinajstić information content (AvgIpc) is 2.39. The number of hydrogen-bond donors (Lipinski definition) is 1. The van der Waals surface area contributed by atoms with Gasteiger partial charge >= 0.3 is 0 Å². The maximum absolute atomic E-state index is 6.29. The van der Waals surface area contributed by atoms with Gasteiger partial charge in [-0.15, -0.1) is 0 Å². The Hall–Kier alpha value is -0.900. The Morgan fingerprint density at radius 2 is 2.25 bits per heavy atom. The van der Waals surface area contributed by atoms with E-state index in [0.717, 1.165) is 19.7 Å². The molecule has 1 saturated heterocycles. The second-order valence-corrected chi connectivity index (χ2v) is 5.93. The topological polar surface area (TPSA) is 38.5 Å². The summed E-state index contributed by atoms with van der Waals surface area (Å²) >= 11 is 0. The van der Waals surface area contributed by atoms with Crippen LogP contribution >= 0.6 is 0 Å². The highest BCUT2D eigenvalue weighted by Gasteiger charge is 2.29. The molecule has 2 N–H and O–H groups in total. The normalized spacial score (nSPS) is 23.5. The summed E-state index contributed by atoms with van der Waals surface area (Å²) in [5, 5.41) is 0. The number of nitrogens with zero attached hydrogens (tertiary/aromatic N) is 1. The molecule has 0 radical (unpaired) electrons. The number of piperidine rings is 1. The molecule has 1 aromatic carbocycles. The number of ether oxygens (including phenoxy) is 1. The van der Waals surface area contributed by atoms with Crippen molar-refractivity contribution in [3.05, 3.63) is 35.4 Å². The fraction of sp³-hybridized carbons (Fsp3) is 0.647. The second kappa shape index (κ2) is 7.21. The number of aryl methyl sites for hydroxylation is 1. The molecule has 0 aliphatic carbocycles. The molecule has 20 heavy (non-hydrogen) atoms. The van der Waals surface area contributed by atoms with Crippen molar-refractivity contribution in [2.45, 2.75) is 51.8 Å². The zero-order valence-electron chi connectivity index (χ0n) is 13.0. The number of likely N-dealkylation sites (tertiary alicyclic amines) is 1. The molecule has 1 aliphatic heterocycles. The van der Waals surface area contributed by atoms with Crippen LogP contribution in [0.5, 0.6) is 0 Å². The van der Waals surface area contributed by atoms with Gasteiger partial charge in [0.1, 0.15) is 0 Å². The summed E-state index contributed by atoms with van der Waals surface area (Å²) in [7, 11) is 0. The Morgan fingerprint density at radius 1 is 1.45 bits per heavy atom. The summed E-state index contributed by atoms with van der Waals surface area (Å²) < 4.78 is 5.82. The third kappa shape index (κ3) is 3.81. The van der Waals surface area contributed by atoms with Gasteiger partial charge in [-0.25, -0.2) is 0 Å². The number of hydrogen-bond acceptors (Lipinski definition) is 3. The fourth-order valence-corrected chi connectivity index (χ4v) is 3.29. The highest BCUT2D eigenvalue weighted by molar-refractivity contribution is 5.26. The van der Waals surface area contributed by atoms with Gasteiger partial charge in [0.25, 0.3) is 0 Å². The van der Waals surface area contributed by atoms with Crippen molar-refractivity contribution < 1.29 is 4.74 Å². The van der Waals surface area contributed by atoms with Crippen LogP contribution in [0.25, 0.3) is 0 Å². The van der Waals surface area contributed by atoms with Crippen LogP contribution < -0.4 is 5.73 Å². The Balaban J connectivity index is 2.16. The zero-order chi connectivity index (χ0) is 14.5. The van der Waals surface area contributed by atoms with E-state index in [1.807, 2.05) is 0 Å². The maximum Gasteiger partial charge on any atom is 0.0702 e. The predicted molar refractivity (Wildman–Crippen MR) is 83.8 cm³/mol. The third-order valence-corrected chi connectivity index (χ3v) is 4.09. The van der Waals surface area contributed by atoms with Gasteiger partial charge in [-0.3, -0.25) is 4.90 Å². The molecule has 1 aliphatic rings. The number of benzene rings is 1. The molecule has 2 rings (SSSR count). The van der Waals surface area contributed by atoms with Gasteiger partial charge in [-0.05, 0) is 45.7 Å². The molecule has 0 amide bonds. The molecule has 1 heterocycles. The van der Waals surface area contributed by atoms with Gasteiger partial charge in [-0.1, -0.05) is 29.8 Å². The summed E-state index contributed by atoms with van der Waals surface area (Å²) in [4.78, 5) is 2.50. The second-order valence-electron chi connectivity index (χ2n) is 5.93. The Kier molecular flexibility index (Phi) is 5.58. The van der Waals surface area contributed by atoms with Gasteiger partial charge < -0.3 is 10.5 Å². The molecular weight excluding hydrogens is 248 g/mol. The van der Waals surface area contributed by atoms with Crippen LogP contribution in [-0.2, 0) is 4.74 Å². The Bertz CT molecular complexity index is 417. The summed E-state index contributed by atoms with van der Waals surface area (Å²) in [6.45, 7) is 9.23. The number of nitrogens with two attached hydrogens (primary N) is 1. The highest BCUT2D eigenvalue weighted by atomic mass is 16.5. The van der Waals surface area contributed by atoms with E-state index >= 15 is 0 Å². The van der Waals surface area contributed by atoms with Gasteiger partial charge in [0.05, 0.1) is 6.10 Å². The lowest BCUT2D eigenvalue weighted by Crippen LogP contribution is -2.46. The van der Waals surface area contributed by atoms with E-state index in [4.69, 9.17) is 10.5 Å². The van der Waals surface area contributed by atoms with Crippen LogP contribution in [0.3, 0.4) is 0 Å². The Labute approximate surface area is 123 Å². The lowest BCUT2D eigenvalue weighted by atomic mass is 9.95. The van der Waals surface area contributed by atoms with Crippen molar-refractivity contribution in [1.82, 2.24) is 4.90 Å². The molecule has 0 bridgehead atoms.